The highest BCUT2D eigenvalue weighted by molar-refractivity contribution is 5.83. The van der Waals surface area contributed by atoms with Crippen LogP contribution in [-0.4, -0.2) is 52.1 Å². The maximum absolute atomic E-state index is 13.3. The van der Waals surface area contributed by atoms with Gasteiger partial charge in [-0.05, 0) is 91.3 Å². The maximum Gasteiger partial charge on any atom is 0.136 e. The van der Waals surface area contributed by atoms with Crippen molar-refractivity contribution in [1.29, 1.82) is 0 Å². The molecule has 5 fully saturated rings. The summed E-state index contributed by atoms with van der Waals surface area (Å²) in [5.41, 5.74) is 0.0337. The molecule has 182 valence electrons. The Morgan fingerprint density at radius 3 is 2.59 bits per heavy atom. The Balaban J connectivity index is 1.36. The van der Waals surface area contributed by atoms with Crippen molar-refractivity contribution in [3.05, 3.63) is 0 Å². The van der Waals surface area contributed by atoms with Gasteiger partial charge in [0.1, 0.15) is 5.78 Å². The van der Waals surface area contributed by atoms with Crippen LogP contribution < -0.4 is 0 Å². The molecule has 0 bridgehead atoms. The summed E-state index contributed by atoms with van der Waals surface area (Å²) in [4.78, 5) is 13.3. The number of hydrogen-bond donors (Lipinski definition) is 3. The van der Waals surface area contributed by atoms with Crippen LogP contribution in [0.1, 0.15) is 79.1 Å². The lowest BCUT2D eigenvalue weighted by atomic mass is 9.44. The average molecular weight is 449 g/mol. The van der Waals surface area contributed by atoms with E-state index in [1.807, 2.05) is 0 Å². The monoisotopic (exact) mass is 448 g/mol. The van der Waals surface area contributed by atoms with Crippen molar-refractivity contribution >= 4 is 5.78 Å². The summed E-state index contributed by atoms with van der Waals surface area (Å²) in [5, 5.41) is 30.2. The van der Waals surface area contributed by atoms with Gasteiger partial charge in [-0.3, -0.25) is 4.79 Å². The van der Waals surface area contributed by atoms with Gasteiger partial charge in [0.25, 0.3) is 0 Å². The van der Waals surface area contributed by atoms with Crippen LogP contribution in [0.4, 0.5) is 0 Å². The second kappa shape index (κ2) is 8.03. The van der Waals surface area contributed by atoms with Crippen molar-refractivity contribution in [2.24, 2.45) is 52.3 Å². The molecule has 0 spiro atoms. The van der Waals surface area contributed by atoms with E-state index < -0.39 is 12.2 Å². The molecule has 1 saturated heterocycles. The predicted molar refractivity (Wildman–Crippen MR) is 122 cm³/mol. The molecule has 0 aromatic rings. The van der Waals surface area contributed by atoms with Crippen LogP contribution in [0.5, 0.6) is 0 Å². The highest BCUT2D eigenvalue weighted by Gasteiger charge is 2.67. The average Bonchev–Trinajstić information content (AvgIpc) is 3.22. The van der Waals surface area contributed by atoms with E-state index in [2.05, 4.69) is 27.7 Å². The molecule has 32 heavy (non-hydrogen) atoms. The number of carbonyl (C=O) groups excluding carboxylic acids is 1. The number of Topliss-reactive ketones (excluding diaryl/α,β-unsaturated/α-hetero) is 1. The van der Waals surface area contributed by atoms with E-state index in [9.17, 15) is 20.1 Å². The molecular formula is C27H44O5. The first kappa shape index (κ1) is 23.3. The van der Waals surface area contributed by atoms with Gasteiger partial charge in [0.2, 0.25) is 0 Å². The second-order valence-electron chi connectivity index (χ2n) is 12.9. The third-order valence-electron chi connectivity index (χ3n) is 11.3. The van der Waals surface area contributed by atoms with Crippen molar-refractivity contribution in [2.75, 3.05) is 6.61 Å². The second-order valence-corrected chi connectivity index (χ2v) is 12.9. The van der Waals surface area contributed by atoms with Gasteiger partial charge in [-0.25, -0.2) is 0 Å². The zero-order valence-corrected chi connectivity index (χ0v) is 20.4. The summed E-state index contributed by atoms with van der Waals surface area (Å²) >= 11 is 0. The zero-order valence-electron chi connectivity index (χ0n) is 20.4. The van der Waals surface area contributed by atoms with E-state index in [0.29, 0.717) is 72.8 Å². The van der Waals surface area contributed by atoms with Gasteiger partial charge >= 0.3 is 0 Å². The van der Waals surface area contributed by atoms with Gasteiger partial charge in [0.05, 0.1) is 24.4 Å². The van der Waals surface area contributed by atoms with Crippen molar-refractivity contribution in [2.45, 2.75) is 103 Å². The molecule has 5 rings (SSSR count). The fourth-order valence-electron chi connectivity index (χ4n) is 9.63. The smallest absolute Gasteiger partial charge is 0.136 e. The number of ether oxygens (including phenoxy) is 1. The molecule has 13 atom stereocenters. The first-order chi connectivity index (χ1) is 15.1. The van der Waals surface area contributed by atoms with Crippen molar-refractivity contribution in [1.82, 2.24) is 0 Å². The van der Waals surface area contributed by atoms with Gasteiger partial charge < -0.3 is 20.1 Å². The van der Waals surface area contributed by atoms with Gasteiger partial charge in [-0.2, -0.15) is 0 Å². The first-order valence-electron chi connectivity index (χ1n) is 13.2. The molecule has 1 aliphatic heterocycles. The van der Waals surface area contributed by atoms with Gasteiger partial charge in [-0.1, -0.05) is 27.7 Å². The molecule has 3 N–H and O–H groups in total. The van der Waals surface area contributed by atoms with Gasteiger partial charge in [-0.15, -0.1) is 0 Å². The molecule has 3 unspecified atom stereocenters. The molecule has 4 aliphatic carbocycles. The minimum atomic E-state index is -0.756. The van der Waals surface area contributed by atoms with Crippen molar-refractivity contribution < 1.29 is 24.9 Å². The fourth-order valence-corrected chi connectivity index (χ4v) is 9.63. The van der Waals surface area contributed by atoms with Crippen LogP contribution in [0.15, 0.2) is 0 Å². The first-order valence-corrected chi connectivity index (χ1v) is 13.2. The van der Waals surface area contributed by atoms with E-state index in [0.717, 1.165) is 25.7 Å². The van der Waals surface area contributed by atoms with Crippen LogP contribution in [0, 0.1) is 52.3 Å². The molecule has 5 heteroatoms. The normalized spacial score (nSPS) is 55.7. The molecule has 5 aliphatic rings. The number of ketones is 1. The van der Waals surface area contributed by atoms with Crippen molar-refractivity contribution in [3.63, 3.8) is 0 Å². The summed E-state index contributed by atoms with van der Waals surface area (Å²) in [6, 6.07) is 0. The van der Waals surface area contributed by atoms with Crippen molar-refractivity contribution in [3.8, 4) is 0 Å². The summed E-state index contributed by atoms with van der Waals surface area (Å²) in [6.07, 6.45) is 6.19. The lowest BCUT2D eigenvalue weighted by molar-refractivity contribution is -0.174. The maximum atomic E-state index is 13.3. The number of rotatable bonds is 4. The quantitative estimate of drug-likeness (QED) is 0.612. The van der Waals surface area contributed by atoms with Crippen LogP contribution >= 0.6 is 0 Å². The van der Waals surface area contributed by atoms with Crippen LogP contribution in [0.3, 0.4) is 0 Å². The molecule has 0 aromatic carbocycles. The lowest BCUT2D eigenvalue weighted by Crippen LogP contribution is -2.59. The van der Waals surface area contributed by atoms with Crippen LogP contribution in [0.2, 0.25) is 0 Å². The molecule has 5 nitrogen and oxygen atoms in total. The van der Waals surface area contributed by atoms with E-state index in [4.69, 9.17) is 4.74 Å². The largest absolute Gasteiger partial charge is 0.396 e. The molecule has 4 saturated carbocycles. The predicted octanol–water partition coefficient (Wildman–Crippen LogP) is 3.58. The molecule has 0 radical (unpaired) electrons. The molecule has 0 amide bonds. The van der Waals surface area contributed by atoms with E-state index in [1.165, 1.54) is 6.42 Å². The van der Waals surface area contributed by atoms with E-state index in [1.54, 1.807) is 0 Å². The molecular weight excluding hydrogens is 404 g/mol. The Morgan fingerprint density at radius 1 is 1.12 bits per heavy atom. The van der Waals surface area contributed by atoms with Crippen LogP contribution in [0.25, 0.3) is 0 Å². The minimum absolute atomic E-state index is 0.0968. The fraction of sp³-hybridized carbons (Fsp3) is 0.963. The summed E-state index contributed by atoms with van der Waals surface area (Å²) in [7, 11) is 0. The number of carbonyl (C=O) groups is 1. The van der Waals surface area contributed by atoms with E-state index in [-0.39, 0.29) is 23.4 Å². The Bertz CT molecular complexity index is 740. The highest BCUT2D eigenvalue weighted by atomic mass is 16.5. The summed E-state index contributed by atoms with van der Waals surface area (Å²) in [6.45, 7) is 9.44. The SMILES string of the molecule is C[C@@H](CO)CC[C@H]1OC2C[C@H]3[C@@H]4CC(=O)C5C[C@H](O)[C@H](O)C[C@]5(C)[C@H]4CC[C@]3(C)C2[C@@H]1C. The number of hydrogen-bond acceptors (Lipinski definition) is 5. The number of aliphatic hydroxyl groups excluding tert-OH is 3. The van der Waals surface area contributed by atoms with E-state index >= 15 is 0 Å². The van der Waals surface area contributed by atoms with Gasteiger partial charge in [0.15, 0.2) is 0 Å². The number of fused-ring (bicyclic) bond motifs is 7. The topological polar surface area (TPSA) is 87.0 Å². The Labute approximate surface area is 193 Å². The highest BCUT2D eigenvalue weighted by Crippen LogP contribution is 2.69. The third-order valence-corrected chi connectivity index (χ3v) is 11.3. The minimum Gasteiger partial charge on any atom is -0.396 e. The third kappa shape index (κ3) is 3.28. The van der Waals surface area contributed by atoms with Crippen LogP contribution in [-0.2, 0) is 9.53 Å². The number of aliphatic hydroxyl groups is 3. The zero-order chi connectivity index (χ0) is 23.0. The Morgan fingerprint density at radius 2 is 1.88 bits per heavy atom. The van der Waals surface area contributed by atoms with Gasteiger partial charge in [0, 0.05) is 18.9 Å². The summed E-state index contributed by atoms with van der Waals surface area (Å²) < 4.78 is 6.68. The summed E-state index contributed by atoms with van der Waals surface area (Å²) in [5.74, 6) is 3.00. The Hall–Kier alpha value is -0.490. The molecule has 1 heterocycles. The lowest BCUT2D eigenvalue weighted by Gasteiger charge is -2.60. The molecule has 0 aromatic heterocycles. The standard InChI is InChI=1S/C27H44O5/c1-14(13-28)5-6-23-15(2)25-24(32-23)11-18-16-9-20(29)19-10-21(30)22(31)12-27(19,4)17(16)7-8-26(18,25)3/h14-19,21-25,28,30-31H,5-13H2,1-4H3/t14-,15-,16-,17+,18+,19?,21+,22-,23-,24?,25?,26+,27-/m1/s1. The Kier molecular flexibility index (Phi) is 5.84.